The van der Waals surface area contributed by atoms with Crippen LogP contribution in [0, 0.1) is 0 Å². The molecule has 6 nitrogen and oxygen atoms in total. The first kappa shape index (κ1) is 28.2. The van der Waals surface area contributed by atoms with E-state index in [1.165, 1.54) is 0 Å². The molecule has 1 aliphatic rings. The molecule has 0 saturated carbocycles. The van der Waals surface area contributed by atoms with Crippen molar-refractivity contribution in [1.82, 2.24) is 0 Å². The van der Waals surface area contributed by atoms with E-state index in [9.17, 15) is 5.11 Å². The van der Waals surface area contributed by atoms with Crippen LogP contribution in [-0.2, 0) is 50.1 Å². The van der Waals surface area contributed by atoms with Crippen LogP contribution in [0.2, 0.25) is 0 Å². The Morgan fingerprint density at radius 3 is 1.30 bits per heavy atom. The Morgan fingerprint density at radius 1 is 0.475 bits per heavy atom. The van der Waals surface area contributed by atoms with Gasteiger partial charge in [-0.15, -0.1) is 0 Å². The minimum Gasteiger partial charge on any atom is -0.374 e. The Balaban J connectivity index is 1.36. The van der Waals surface area contributed by atoms with Crippen molar-refractivity contribution in [2.45, 2.75) is 57.1 Å². The van der Waals surface area contributed by atoms with Crippen molar-refractivity contribution in [1.29, 1.82) is 0 Å². The van der Waals surface area contributed by atoms with Gasteiger partial charge in [0.25, 0.3) is 0 Å². The van der Waals surface area contributed by atoms with Crippen LogP contribution in [0.15, 0.2) is 121 Å². The number of rotatable bonds is 13. The van der Waals surface area contributed by atoms with Crippen molar-refractivity contribution in [2.24, 2.45) is 0 Å². The lowest BCUT2D eigenvalue weighted by Crippen LogP contribution is -2.61. The van der Waals surface area contributed by atoms with E-state index in [2.05, 4.69) is 0 Å². The maximum atomic E-state index is 11.2. The third kappa shape index (κ3) is 8.08. The molecule has 1 aliphatic heterocycles. The Bertz CT molecular complexity index is 1240. The second-order valence-corrected chi connectivity index (χ2v) is 9.85. The first-order valence-corrected chi connectivity index (χ1v) is 13.7. The normalized spacial score (nSPS) is 22.7. The first-order chi connectivity index (χ1) is 19.8. The summed E-state index contributed by atoms with van der Waals surface area (Å²) in [7, 11) is 0. The fraction of sp³-hybridized carbons (Fsp3) is 0.294. The zero-order valence-electron chi connectivity index (χ0n) is 22.5. The molecule has 4 aromatic rings. The van der Waals surface area contributed by atoms with Crippen LogP contribution in [0.4, 0.5) is 0 Å². The SMILES string of the molecule is OC1OC(COCc2ccccc2)[C@H](OCc2ccccc2)C(OCc2ccccc2)[C@H]1OCc1ccccc1. The van der Waals surface area contributed by atoms with E-state index in [-0.39, 0.29) is 6.61 Å². The highest BCUT2D eigenvalue weighted by atomic mass is 16.7. The fourth-order valence-corrected chi connectivity index (χ4v) is 4.77. The summed E-state index contributed by atoms with van der Waals surface area (Å²) in [5.74, 6) is 0. The van der Waals surface area contributed by atoms with Gasteiger partial charge in [-0.2, -0.15) is 0 Å². The number of hydrogen-bond acceptors (Lipinski definition) is 6. The van der Waals surface area contributed by atoms with Crippen molar-refractivity contribution in [3.63, 3.8) is 0 Å². The highest BCUT2D eigenvalue weighted by Crippen LogP contribution is 2.30. The van der Waals surface area contributed by atoms with Crippen molar-refractivity contribution in [3.8, 4) is 0 Å². The molecule has 5 atom stereocenters. The number of aliphatic hydroxyl groups excluding tert-OH is 1. The molecule has 0 aromatic heterocycles. The summed E-state index contributed by atoms with van der Waals surface area (Å²) < 4.78 is 31.4. The molecule has 4 aromatic carbocycles. The van der Waals surface area contributed by atoms with E-state index >= 15 is 0 Å². The van der Waals surface area contributed by atoms with Gasteiger partial charge >= 0.3 is 0 Å². The van der Waals surface area contributed by atoms with Gasteiger partial charge in [-0.3, -0.25) is 0 Å². The topological polar surface area (TPSA) is 66.4 Å². The average molecular weight is 541 g/mol. The lowest BCUT2D eigenvalue weighted by molar-refractivity contribution is -0.317. The summed E-state index contributed by atoms with van der Waals surface area (Å²) in [4.78, 5) is 0. The molecule has 1 N–H and O–H groups in total. The second-order valence-electron chi connectivity index (χ2n) is 9.85. The lowest BCUT2D eigenvalue weighted by atomic mass is 9.98. The Morgan fingerprint density at radius 2 is 0.850 bits per heavy atom. The zero-order chi connectivity index (χ0) is 27.4. The Kier molecular flexibility index (Phi) is 10.5. The maximum absolute atomic E-state index is 11.2. The monoisotopic (exact) mass is 540 g/mol. The molecule has 5 rings (SSSR count). The predicted octanol–water partition coefficient (Wildman–Crippen LogP) is 5.68. The van der Waals surface area contributed by atoms with Crippen LogP contribution in [0.1, 0.15) is 22.3 Å². The summed E-state index contributed by atoms with van der Waals surface area (Å²) in [5.41, 5.74) is 4.10. The standard InChI is InChI=1S/C34H36O6/c35-34-33(39-24-29-19-11-4-12-20-29)32(38-23-28-17-9-3-10-18-28)31(37-22-27-15-7-2-8-16-27)30(40-34)25-36-21-26-13-5-1-6-14-26/h1-20,30-35H,21-25H2/t30?,31-,32?,33+,34?/m0/s1. The van der Waals surface area contributed by atoms with Gasteiger partial charge in [-0.05, 0) is 22.3 Å². The van der Waals surface area contributed by atoms with Gasteiger partial charge in [0.1, 0.15) is 24.4 Å². The van der Waals surface area contributed by atoms with Crippen LogP contribution < -0.4 is 0 Å². The summed E-state index contributed by atoms with van der Waals surface area (Å²) in [5, 5.41) is 11.2. The molecule has 0 amide bonds. The summed E-state index contributed by atoms with van der Waals surface area (Å²) in [6.07, 6.45) is -3.72. The molecule has 6 heteroatoms. The molecule has 0 spiro atoms. The van der Waals surface area contributed by atoms with E-state index in [0.29, 0.717) is 26.4 Å². The highest BCUT2D eigenvalue weighted by molar-refractivity contribution is 5.16. The molecule has 3 unspecified atom stereocenters. The van der Waals surface area contributed by atoms with Gasteiger partial charge in [0.2, 0.25) is 0 Å². The fourth-order valence-electron chi connectivity index (χ4n) is 4.77. The van der Waals surface area contributed by atoms with Crippen molar-refractivity contribution in [3.05, 3.63) is 144 Å². The number of hydrogen-bond donors (Lipinski definition) is 1. The van der Waals surface area contributed by atoms with Gasteiger partial charge < -0.3 is 28.8 Å². The Hall–Kier alpha value is -3.36. The van der Waals surface area contributed by atoms with Gasteiger partial charge in [0.15, 0.2) is 6.29 Å². The highest BCUT2D eigenvalue weighted by Gasteiger charge is 2.48. The first-order valence-electron chi connectivity index (χ1n) is 13.7. The molecule has 208 valence electrons. The van der Waals surface area contributed by atoms with Gasteiger partial charge in [0.05, 0.1) is 33.0 Å². The molecule has 1 saturated heterocycles. The molecule has 1 heterocycles. The van der Waals surface area contributed by atoms with Gasteiger partial charge in [-0.25, -0.2) is 0 Å². The molecule has 40 heavy (non-hydrogen) atoms. The van der Waals surface area contributed by atoms with Crippen molar-refractivity contribution >= 4 is 0 Å². The average Bonchev–Trinajstić information content (AvgIpc) is 3.01. The summed E-state index contributed by atoms with van der Waals surface area (Å²) in [6.45, 7) is 1.65. The van der Waals surface area contributed by atoms with Crippen LogP contribution >= 0.6 is 0 Å². The number of aliphatic hydroxyl groups is 1. The van der Waals surface area contributed by atoms with Crippen LogP contribution in [0.3, 0.4) is 0 Å². The van der Waals surface area contributed by atoms with E-state index < -0.39 is 30.7 Å². The van der Waals surface area contributed by atoms with Crippen LogP contribution in [-0.4, -0.2) is 42.4 Å². The smallest absolute Gasteiger partial charge is 0.184 e. The van der Waals surface area contributed by atoms with E-state index in [1.807, 2.05) is 121 Å². The maximum Gasteiger partial charge on any atom is 0.184 e. The molecular formula is C34H36O6. The molecule has 0 aliphatic carbocycles. The minimum absolute atomic E-state index is 0.224. The van der Waals surface area contributed by atoms with Crippen molar-refractivity contribution < 1.29 is 28.8 Å². The quantitative estimate of drug-likeness (QED) is 0.236. The molecule has 0 radical (unpaired) electrons. The van der Waals surface area contributed by atoms with Crippen LogP contribution in [0.5, 0.6) is 0 Å². The summed E-state index contributed by atoms with van der Waals surface area (Å²) >= 11 is 0. The lowest BCUT2D eigenvalue weighted by Gasteiger charge is -2.44. The van der Waals surface area contributed by atoms with E-state index in [4.69, 9.17) is 23.7 Å². The van der Waals surface area contributed by atoms with Crippen LogP contribution in [0.25, 0.3) is 0 Å². The van der Waals surface area contributed by atoms with Gasteiger partial charge in [0, 0.05) is 0 Å². The molecular weight excluding hydrogens is 504 g/mol. The second kappa shape index (κ2) is 14.9. The third-order valence-corrected chi connectivity index (χ3v) is 6.86. The zero-order valence-corrected chi connectivity index (χ0v) is 22.5. The Labute approximate surface area is 236 Å². The predicted molar refractivity (Wildman–Crippen MR) is 152 cm³/mol. The van der Waals surface area contributed by atoms with E-state index in [1.54, 1.807) is 0 Å². The largest absolute Gasteiger partial charge is 0.374 e. The summed E-state index contributed by atoms with van der Waals surface area (Å²) in [6, 6.07) is 39.7. The van der Waals surface area contributed by atoms with E-state index in [0.717, 1.165) is 22.3 Å². The molecule has 1 fully saturated rings. The molecule has 0 bridgehead atoms. The van der Waals surface area contributed by atoms with Crippen molar-refractivity contribution in [2.75, 3.05) is 6.61 Å². The van der Waals surface area contributed by atoms with Gasteiger partial charge in [-0.1, -0.05) is 121 Å². The number of benzene rings is 4. The number of ether oxygens (including phenoxy) is 5. The third-order valence-electron chi connectivity index (χ3n) is 6.86. The minimum atomic E-state index is -1.22.